The zero-order chi connectivity index (χ0) is 18.1. The summed E-state index contributed by atoms with van der Waals surface area (Å²) in [5, 5.41) is 0. The predicted molar refractivity (Wildman–Crippen MR) is 94.9 cm³/mol. The van der Waals surface area contributed by atoms with Crippen molar-refractivity contribution in [3.63, 3.8) is 0 Å². The molecule has 0 aliphatic carbocycles. The SMILES string of the molecule is FC(F)(F)Oc1ccc(-c2ccc([C@@H]3CC[C@@H]4CCCCN43)cc2)cc1. The molecule has 0 saturated carbocycles. The lowest BCUT2D eigenvalue weighted by molar-refractivity contribution is -0.274. The molecule has 2 nitrogen and oxygen atoms in total. The van der Waals surface area contributed by atoms with Crippen LogP contribution in [0.2, 0.25) is 0 Å². The third-order valence-electron chi connectivity index (χ3n) is 5.56. The van der Waals surface area contributed by atoms with Crippen molar-refractivity contribution < 1.29 is 17.9 Å². The predicted octanol–water partition coefficient (Wildman–Crippen LogP) is 5.94. The number of piperidine rings is 1. The zero-order valence-corrected chi connectivity index (χ0v) is 14.5. The molecular weight excluding hydrogens is 339 g/mol. The van der Waals surface area contributed by atoms with Crippen LogP contribution in [0.25, 0.3) is 11.1 Å². The summed E-state index contributed by atoms with van der Waals surface area (Å²) in [7, 11) is 0. The molecule has 2 atom stereocenters. The number of fused-ring (bicyclic) bond motifs is 1. The Morgan fingerprint density at radius 2 is 1.46 bits per heavy atom. The lowest BCUT2D eigenvalue weighted by Crippen LogP contribution is -2.35. The van der Waals surface area contributed by atoms with Gasteiger partial charge in [-0.05, 0) is 61.1 Å². The number of hydrogen-bond donors (Lipinski definition) is 0. The Hall–Kier alpha value is -2.01. The summed E-state index contributed by atoms with van der Waals surface area (Å²) in [5.41, 5.74) is 3.23. The van der Waals surface area contributed by atoms with Gasteiger partial charge in [-0.3, -0.25) is 4.90 Å². The molecular formula is C21H22F3NO. The van der Waals surface area contributed by atoms with Crippen molar-refractivity contribution in [1.29, 1.82) is 0 Å². The van der Waals surface area contributed by atoms with E-state index in [0.29, 0.717) is 6.04 Å². The molecule has 26 heavy (non-hydrogen) atoms. The fourth-order valence-corrected chi connectivity index (χ4v) is 4.36. The molecule has 0 bridgehead atoms. The summed E-state index contributed by atoms with van der Waals surface area (Å²) in [6.07, 6.45) is 1.80. The van der Waals surface area contributed by atoms with Gasteiger partial charge < -0.3 is 4.74 Å². The van der Waals surface area contributed by atoms with Crippen LogP contribution >= 0.6 is 0 Å². The van der Waals surface area contributed by atoms with Crippen molar-refractivity contribution in [2.45, 2.75) is 50.6 Å². The van der Waals surface area contributed by atoms with Crippen LogP contribution in [-0.4, -0.2) is 23.8 Å². The number of ether oxygens (including phenoxy) is 1. The normalized spacial score (nSPS) is 23.7. The number of alkyl halides is 3. The number of nitrogens with zero attached hydrogens (tertiary/aromatic N) is 1. The van der Waals surface area contributed by atoms with E-state index in [1.54, 1.807) is 12.1 Å². The first kappa shape index (κ1) is 17.4. The van der Waals surface area contributed by atoms with Crippen molar-refractivity contribution in [1.82, 2.24) is 4.90 Å². The molecule has 2 aromatic carbocycles. The first-order valence-electron chi connectivity index (χ1n) is 9.21. The van der Waals surface area contributed by atoms with Gasteiger partial charge in [0.2, 0.25) is 0 Å². The number of benzene rings is 2. The highest BCUT2D eigenvalue weighted by molar-refractivity contribution is 5.64. The minimum absolute atomic E-state index is 0.194. The first-order valence-corrected chi connectivity index (χ1v) is 9.21. The Kier molecular flexibility index (Phi) is 4.65. The van der Waals surface area contributed by atoms with Gasteiger partial charge in [0.1, 0.15) is 5.75 Å². The van der Waals surface area contributed by atoms with Crippen LogP contribution in [-0.2, 0) is 0 Å². The molecule has 4 rings (SSSR count). The standard InChI is InChI=1S/C21H22F3NO/c22-21(23,24)26-19-11-8-16(9-12-19)15-4-6-17(7-5-15)20-13-10-18-3-1-2-14-25(18)20/h4-9,11-12,18,20H,1-3,10,13-14H2/t18-,20-/m0/s1. The summed E-state index contributed by atoms with van der Waals surface area (Å²) >= 11 is 0. The van der Waals surface area contributed by atoms with Gasteiger partial charge in [-0.15, -0.1) is 13.2 Å². The maximum atomic E-state index is 12.2. The van der Waals surface area contributed by atoms with Crippen LogP contribution < -0.4 is 4.74 Å². The van der Waals surface area contributed by atoms with E-state index >= 15 is 0 Å². The summed E-state index contributed by atoms with van der Waals surface area (Å²) in [6.45, 7) is 1.19. The number of halogens is 3. The quantitative estimate of drug-likeness (QED) is 0.671. The molecule has 0 unspecified atom stereocenters. The second kappa shape index (κ2) is 6.95. The Balaban J connectivity index is 1.48. The minimum Gasteiger partial charge on any atom is -0.406 e. The average molecular weight is 361 g/mol. The van der Waals surface area contributed by atoms with E-state index in [-0.39, 0.29) is 5.75 Å². The molecule has 2 fully saturated rings. The van der Waals surface area contributed by atoms with Crippen LogP contribution in [0.4, 0.5) is 13.2 Å². The highest BCUT2D eigenvalue weighted by Gasteiger charge is 2.35. The van der Waals surface area contributed by atoms with Gasteiger partial charge in [0, 0.05) is 12.1 Å². The third-order valence-corrected chi connectivity index (χ3v) is 5.56. The van der Waals surface area contributed by atoms with E-state index < -0.39 is 6.36 Å². The van der Waals surface area contributed by atoms with Crippen LogP contribution in [0, 0.1) is 0 Å². The van der Waals surface area contributed by atoms with Crippen molar-refractivity contribution >= 4 is 0 Å². The Bertz CT molecular complexity index is 739. The molecule has 2 aromatic rings. The van der Waals surface area contributed by atoms with Crippen molar-refractivity contribution in [3.05, 3.63) is 54.1 Å². The highest BCUT2D eigenvalue weighted by atomic mass is 19.4. The molecule has 0 N–H and O–H groups in total. The molecule has 2 aliphatic heterocycles. The van der Waals surface area contributed by atoms with E-state index in [2.05, 4.69) is 33.9 Å². The van der Waals surface area contributed by atoms with Crippen LogP contribution in [0.5, 0.6) is 5.75 Å². The van der Waals surface area contributed by atoms with E-state index in [9.17, 15) is 13.2 Å². The Morgan fingerprint density at radius 3 is 2.12 bits per heavy atom. The van der Waals surface area contributed by atoms with E-state index in [1.165, 1.54) is 56.3 Å². The number of rotatable bonds is 3. The van der Waals surface area contributed by atoms with E-state index in [4.69, 9.17) is 0 Å². The maximum absolute atomic E-state index is 12.2. The van der Waals surface area contributed by atoms with Crippen LogP contribution in [0.3, 0.4) is 0 Å². The fraction of sp³-hybridized carbons (Fsp3) is 0.429. The molecule has 0 amide bonds. The van der Waals surface area contributed by atoms with E-state index in [0.717, 1.165) is 17.2 Å². The smallest absolute Gasteiger partial charge is 0.406 e. The monoisotopic (exact) mass is 361 g/mol. The molecule has 2 aliphatic rings. The van der Waals surface area contributed by atoms with Gasteiger partial charge in [0.15, 0.2) is 0 Å². The number of hydrogen-bond acceptors (Lipinski definition) is 2. The Morgan fingerprint density at radius 1 is 0.808 bits per heavy atom. The lowest BCUT2D eigenvalue weighted by atomic mass is 9.99. The maximum Gasteiger partial charge on any atom is 0.573 e. The van der Waals surface area contributed by atoms with Crippen molar-refractivity contribution in [3.8, 4) is 16.9 Å². The molecule has 2 heterocycles. The average Bonchev–Trinajstić information content (AvgIpc) is 3.05. The van der Waals surface area contributed by atoms with Crippen LogP contribution in [0.15, 0.2) is 48.5 Å². The second-order valence-corrected chi connectivity index (χ2v) is 7.17. The molecule has 0 spiro atoms. The first-order chi connectivity index (χ1) is 12.5. The summed E-state index contributed by atoms with van der Waals surface area (Å²) in [5.74, 6) is -0.194. The molecule has 0 aromatic heterocycles. The van der Waals surface area contributed by atoms with Gasteiger partial charge in [-0.2, -0.15) is 0 Å². The summed E-state index contributed by atoms with van der Waals surface area (Å²) < 4.78 is 40.7. The second-order valence-electron chi connectivity index (χ2n) is 7.17. The van der Waals surface area contributed by atoms with Gasteiger partial charge in [0.05, 0.1) is 0 Å². The van der Waals surface area contributed by atoms with Gasteiger partial charge in [-0.1, -0.05) is 42.8 Å². The summed E-state index contributed by atoms with van der Waals surface area (Å²) in [6, 6.07) is 15.7. The van der Waals surface area contributed by atoms with Crippen molar-refractivity contribution in [2.75, 3.05) is 6.54 Å². The third kappa shape index (κ3) is 3.73. The van der Waals surface area contributed by atoms with Crippen LogP contribution in [0.1, 0.15) is 43.7 Å². The molecule has 5 heteroatoms. The van der Waals surface area contributed by atoms with Gasteiger partial charge in [-0.25, -0.2) is 0 Å². The minimum atomic E-state index is -4.66. The fourth-order valence-electron chi connectivity index (χ4n) is 4.36. The van der Waals surface area contributed by atoms with Gasteiger partial charge >= 0.3 is 6.36 Å². The van der Waals surface area contributed by atoms with Gasteiger partial charge in [0.25, 0.3) is 0 Å². The molecule has 2 saturated heterocycles. The zero-order valence-electron chi connectivity index (χ0n) is 14.5. The molecule has 0 radical (unpaired) electrons. The largest absolute Gasteiger partial charge is 0.573 e. The topological polar surface area (TPSA) is 12.5 Å². The summed E-state index contributed by atoms with van der Waals surface area (Å²) in [4.78, 5) is 2.65. The lowest BCUT2D eigenvalue weighted by Gasteiger charge is -2.34. The highest BCUT2D eigenvalue weighted by Crippen LogP contribution is 2.40. The van der Waals surface area contributed by atoms with Crippen molar-refractivity contribution in [2.24, 2.45) is 0 Å². The Labute approximate surface area is 151 Å². The van der Waals surface area contributed by atoms with E-state index in [1.807, 2.05) is 0 Å². The molecule has 138 valence electrons.